The molecule has 0 unspecified atom stereocenters. The standard InChI is InChI=1S/C13H16N2OS/c14-12(17)10-7-8-3-1-2-4-11(8)15(13(10)16)9-5-6-9/h7,9H,1-6H2,(H2,14,17). The van der Waals surface area contributed by atoms with Gasteiger partial charge in [-0.3, -0.25) is 4.79 Å². The first kappa shape index (κ1) is 11.0. The van der Waals surface area contributed by atoms with Crippen LogP contribution in [0.1, 0.15) is 48.5 Å². The third kappa shape index (κ3) is 1.80. The van der Waals surface area contributed by atoms with Gasteiger partial charge in [0.25, 0.3) is 5.56 Å². The third-order valence-electron chi connectivity index (χ3n) is 3.72. The zero-order valence-electron chi connectivity index (χ0n) is 9.74. The Kier molecular flexibility index (Phi) is 2.54. The van der Waals surface area contributed by atoms with Crippen molar-refractivity contribution in [1.29, 1.82) is 0 Å². The number of pyridine rings is 1. The molecule has 2 aliphatic rings. The van der Waals surface area contributed by atoms with Crippen LogP contribution in [0.2, 0.25) is 0 Å². The molecule has 1 heterocycles. The Morgan fingerprint density at radius 1 is 1.35 bits per heavy atom. The summed E-state index contributed by atoms with van der Waals surface area (Å²) in [7, 11) is 0. The lowest BCUT2D eigenvalue weighted by molar-refractivity contribution is 0.582. The smallest absolute Gasteiger partial charge is 0.261 e. The molecule has 0 aliphatic heterocycles. The Morgan fingerprint density at radius 3 is 2.71 bits per heavy atom. The first-order valence-corrected chi connectivity index (χ1v) is 6.66. The highest BCUT2D eigenvalue weighted by Gasteiger charge is 2.30. The Labute approximate surface area is 106 Å². The SMILES string of the molecule is NC(=S)c1cc2c(n(C3CC3)c1=O)CCCC2. The first-order valence-electron chi connectivity index (χ1n) is 6.25. The predicted octanol–water partition coefficient (Wildman–Crippen LogP) is 1.70. The van der Waals surface area contributed by atoms with Crippen LogP contribution >= 0.6 is 12.2 Å². The molecule has 0 radical (unpaired) electrons. The average molecular weight is 248 g/mol. The molecule has 3 nitrogen and oxygen atoms in total. The lowest BCUT2D eigenvalue weighted by Gasteiger charge is -2.22. The van der Waals surface area contributed by atoms with Gasteiger partial charge in [-0.2, -0.15) is 0 Å². The molecule has 1 aromatic heterocycles. The molecule has 0 bridgehead atoms. The predicted molar refractivity (Wildman–Crippen MR) is 71.5 cm³/mol. The monoisotopic (exact) mass is 248 g/mol. The van der Waals surface area contributed by atoms with Gasteiger partial charge in [0, 0.05) is 11.7 Å². The van der Waals surface area contributed by atoms with Crippen LogP contribution in [0.4, 0.5) is 0 Å². The van der Waals surface area contributed by atoms with Crippen LogP contribution in [-0.4, -0.2) is 9.56 Å². The van der Waals surface area contributed by atoms with Gasteiger partial charge in [0.05, 0.1) is 5.56 Å². The molecule has 0 aromatic carbocycles. The van der Waals surface area contributed by atoms with Crippen molar-refractivity contribution in [1.82, 2.24) is 4.57 Å². The zero-order valence-corrected chi connectivity index (χ0v) is 10.6. The average Bonchev–Trinajstić information content (AvgIpc) is 3.12. The number of hydrogen-bond acceptors (Lipinski definition) is 2. The van der Waals surface area contributed by atoms with Gasteiger partial charge in [0.1, 0.15) is 4.99 Å². The largest absolute Gasteiger partial charge is 0.389 e. The van der Waals surface area contributed by atoms with Gasteiger partial charge in [0.2, 0.25) is 0 Å². The molecule has 3 rings (SSSR count). The van der Waals surface area contributed by atoms with Gasteiger partial charge in [-0.05, 0) is 50.2 Å². The van der Waals surface area contributed by atoms with E-state index in [4.69, 9.17) is 18.0 Å². The third-order valence-corrected chi connectivity index (χ3v) is 3.94. The second-order valence-electron chi connectivity index (χ2n) is 5.01. The number of hydrogen-bond donors (Lipinski definition) is 1. The number of aryl methyl sites for hydroxylation is 1. The van der Waals surface area contributed by atoms with Crippen molar-refractivity contribution in [2.24, 2.45) is 5.73 Å². The topological polar surface area (TPSA) is 48.0 Å². The van der Waals surface area contributed by atoms with Gasteiger partial charge in [-0.15, -0.1) is 0 Å². The summed E-state index contributed by atoms with van der Waals surface area (Å²) in [5, 5.41) is 0. The Morgan fingerprint density at radius 2 is 2.06 bits per heavy atom. The van der Waals surface area contributed by atoms with Crippen molar-refractivity contribution < 1.29 is 0 Å². The first-order chi connectivity index (χ1) is 8.18. The number of aromatic nitrogens is 1. The highest BCUT2D eigenvalue weighted by Crippen LogP contribution is 2.36. The normalized spacial score (nSPS) is 18.8. The van der Waals surface area contributed by atoms with Crippen LogP contribution < -0.4 is 11.3 Å². The molecule has 0 spiro atoms. The molecule has 1 saturated carbocycles. The molecular formula is C13H16N2OS. The summed E-state index contributed by atoms with van der Waals surface area (Å²) in [5.41, 5.74) is 8.74. The summed E-state index contributed by atoms with van der Waals surface area (Å²) in [6.45, 7) is 0. The van der Waals surface area contributed by atoms with E-state index in [9.17, 15) is 4.79 Å². The van der Waals surface area contributed by atoms with Gasteiger partial charge in [0.15, 0.2) is 0 Å². The Balaban J connectivity index is 2.25. The molecule has 1 aromatic rings. The molecule has 17 heavy (non-hydrogen) atoms. The van der Waals surface area contributed by atoms with Gasteiger partial charge >= 0.3 is 0 Å². The fourth-order valence-electron chi connectivity index (χ4n) is 2.73. The summed E-state index contributed by atoms with van der Waals surface area (Å²) >= 11 is 4.99. The number of rotatable bonds is 2. The Bertz CT molecular complexity index is 543. The number of nitrogens with zero attached hydrogens (tertiary/aromatic N) is 1. The highest BCUT2D eigenvalue weighted by molar-refractivity contribution is 7.80. The lowest BCUT2D eigenvalue weighted by atomic mass is 9.94. The van der Waals surface area contributed by atoms with Crippen molar-refractivity contribution in [3.63, 3.8) is 0 Å². The van der Waals surface area contributed by atoms with Crippen LogP contribution in [-0.2, 0) is 12.8 Å². The maximum Gasteiger partial charge on any atom is 0.261 e. The van der Waals surface area contributed by atoms with E-state index >= 15 is 0 Å². The summed E-state index contributed by atoms with van der Waals surface area (Å²) in [6, 6.07) is 2.33. The van der Waals surface area contributed by atoms with Crippen LogP contribution in [0.15, 0.2) is 10.9 Å². The summed E-state index contributed by atoms with van der Waals surface area (Å²) in [5.74, 6) is 0. The number of thiocarbonyl (C=S) groups is 1. The van der Waals surface area contributed by atoms with E-state index in [2.05, 4.69) is 0 Å². The Hall–Kier alpha value is -1.16. The zero-order chi connectivity index (χ0) is 12.0. The van der Waals surface area contributed by atoms with Crippen LogP contribution in [0, 0.1) is 0 Å². The molecule has 0 amide bonds. The summed E-state index contributed by atoms with van der Waals surface area (Å²) in [6.07, 6.45) is 6.70. The van der Waals surface area contributed by atoms with Crippen molar-refractivity contribution in [2.75, 3.05) is 0 Å². The molecule has 2 N–H and O–H groups in total. The van der Waals surface area contributed by atoms with E-state index < -0.39 is 0 Å². The molecule has 2 aliphatic carbocycles. The molecule has 1 fully saturated rings. The van der Waals surface area contributed by atoms with E-state index in [1.165, 1.54) is 24.1 Å². The minimum Gasteiger partial charge on any atom is -0.389 e. The van der Waals surface area contributed by atoms with E-state index in [0.29, 0.717) is 11.6 Å². The molecule has 0 saturated heterocycles. The van der Waals surface area contributed by atoms with Crippen LogP contribution in [0.3, 0.4) is 0 Å². The fraction of sp³-hybridized carbons (Fsp3) is 0.538. The molecular weight excluding hydrogens is 232 g/mol. The lowest BCUT2D eigenvalue weighted by Crippen LogP contribution is -2.32. The van der Waals surface area contributed by atoms with Gasteiger partial charge in [-0.25, -0.2) is 0 Å². The highest BCUT2D eigenvalue weighted by atomic mass is 32.1. The van der Waals surface area contributed by atoms with Gasteiger partial charge < -0.3 is 10.3 Å². The maximum absolute atomic E-state index is 12.4. The van der Waals surface area contributed by atoms with Crippen molar-refractivity contribution >= 4 is 17.2 Å². The van der Waals surface area contributed by atoms with Gasteiger partial charge in [-0.1, -0.05) is 12.2 Å². The molecule has 90 valence electrons. The minimum absolute atomic E-state index is 0.0284. The van der Waals surface area contributed by atoms with E-state index in [-0.39, 0.29) is 10.5 Å². The van der Waals surface area contributed by atoms with Crippen molar-refractivity contribution in [3.05, 3.63) is 33.2 Å². The summed E-state index contributed by atoms with van der Waals surface area (Å²) in [4.78, 5) is 12.6. The summed E-state index contributed by atoms with van der Waals surface area (Å²) < 4.78 is 1.98. The fourth-order valence-corrected chi connectivity index (χ4v) is 2.87. The van der Waals surface area contributed by atoms with Crippen LogP contribution in [0.5, 0.6) is 0 Å². The van der Waals surface area contributed by atoms with Crippen molar-refractivity contribution in [2.45, 2.75) is 44.6 Å². The second kappa shape index (κ2) is 3.95. The number of fused-ring (bicyclic) bond motifs is 1. The van der Waals surface area contributed by atoms with Crippen molar-refractivity contribution in [3.8, 4) is 0 Å². The maximum atomic E-state index is 12.4. The molecule has 4 heteroatoms. The van der Waals surface area contributed by atoms with Crippen LogP contribution in [0.25, 0.3) is 0 Å². The molecule has 0 atom stereocenters. The van der Waals surface area contributed by atoms with E-state index in [1.807, 2.05) is 10.6 Å². The minimum atomic E-state index is 0.0284. The number of nitrogens with two attached hydrogens (primary N) is 1. The second-order valence-corrected chi connectivity index (χ2v) is 5.45. The van der Waals surface area contributed by atoms with E-state index in [0.717, 1.165) is 25.7 Å². The quantitative estimate of drug-likeness (QED) is 0.810. The van der Waals surface area contributed by atoms with E-state index in [1.54, 1.807) is 0 Å².